The lowest BCUT2D eigenvalue weighted by Gasteiger charge is -2.37. The number of benzene rings is 3. The number of carbonyl (C=O) groups is 2. The standard InChI is InChI=1S/C28H30N4O2S/c1-19-6-5-8-24(20(19)2)32-16-14-31(15-17-32)13-12-29-27(33)21-10-11-26-23(18-21)30-28(34)22-7-3-4-9-25(22)35-26/h3-11,18H,12-17H2,1-2H3,(H,29,33)(H,30,34). The van der Waals surface area contributed by atoms with Crippen LogP contribution in [0.15, 0.2) is 70.5 Å². The van der Waals surface area contributed by atoms with Gasteiger partial charge in [0.25, 0.3) is 11.8 Å². The predicted octanol–water partition coefficient (Wildman–Crippen LogP) is 4.57. The normalized spacial score (nSPS) is 15.6. The van der Waals surface area contributed by atoms with Gasteiger partial charge in [-0.3, -0.25) is 14.5 Å². The molecule has 2 amide bonds. The van der Waals surface area contributed by atoms with E-state index in [2.05, 4.69) is 52.5 Å². The molecule has 2 aliphatic rings. The first-order valence-corrected chi connectivity index (χ1v) is 12.9. The molecule has 0 spiro atoms. The number of nitrogens with zero attached hydrogens (tertiary/aromatic N) is 2. The monoisotopic (exact) mass is 486 g/mol. The van der Waals surface area contributed by atoms with Crippen molar-refractivity contribution < 1.29 is 9.59 Å². The van der Waals surface area contributed by atoms with Gasteiger partial charge in [0.05, 0.1) is 11.3 Å². The number of nitrogens with one attached hydrogen (secondary N) is 2. The second-order valence-electron chi connectivity index (χ2n) is 9.07. The van der Waals surface area contributed by atoms with Crippen LogP contribution in [0.3, 0.4) is 0 Å². The predicted molar refractivity (Wildman–Crippen MR) is 142 cm³/mol. The Morgan fingerprint density at radius 3 is 2.60 bits per heavy atom. The smallest absolute Gasteiger partial charge is 0.256 e. The van der Waals surface area contributed by atoms with Crippen LogP contribution in [0.25, 0.3) is 0 Å². The van der Waals surface area contributed by atoms with Crippen molar-refractivity contribution in [3.63, 3.8) is 0 Å². The number of amides is 2. The summed E-state index contributed by atoms with van der Waals surface area (Å²) in [6.07, 6.45) is 0. The average Bonchev–Trinajstić information content (AvgIpc) is 3.01. The number of rotatable bonds is 5. The Bertz CT molecular complexity index is 1270. The maximum atomic E-state index is 12.8. The Labute approximate surface area is 210 Å². The molecule has 0 atom stereocenters. The van der Waals surface area contributed by atoms with Crippen molar-refractivity contribution >= 4 is 35.0 Å². The molecule has 1 fully saturated rings. The molecule has 2 N–H and O–H groups in total. The minimum Gasteiger partial charge on any atom is -0.369 e. The molecule has 5 rings (SSSR count). The van der Waals surface area contributed by atoms with E-state index in [4.69, 9.17) is 0 Å². The number of hydrogen-bond acceptors (Lipinski definition) is 5. The van der Waals surface area contributed by atoms with E-state index in [1.807, 2.05) is 36.4 Å². The molecule has 0 aromatic heterocycles. The SMILES string of the molecule is Cc1cccc(N2CCN(CCNC(=O)c3ccc4c(c3)NC(=O)c3ccccc3S4)CC2)c1C. The molecule has 1 saturated heterocycles. The van der Waals surface area contributed by atoms with Crippen LogP contribution in [-0.4, -0.2) is 56.0 Å². The molecule has 2 aliphatic heterocycles. The summed E-state index contributed by atoms with van der Waals surface area (Å²) in [5.41, 5.74) is 5.88. The summed E-state index contributed by atoms with van der Waals surface area (Å²) in [6, 6.07) is 19.5. The van der Waals surface area contributed by atoms with E-state index < -0.39 is 0 Å². The van der Waals surface area contributed by atoms with Crippen molar-refractivity contribution in [1.29, 1.82) is 0 Å². The highest BCUT2D eigenvalue weighted by atomic mass is 32.2. The third-order valence-corrected chi connectivity index (χ3v) is 8.00. The Balaban J connectivity index is 1.14. The van der Waals surface area contributed by atoms with Crippen LogP contribution in [0.2, 0.25) is 0 Å². The molecule has 0 radical (unpaired) electrons. The van der Waals surface area contributed by atoms with Crippen LogP contribution < -0.4 is 15.5 Å². The maximum Gasteiger partial charge on any atom is 0.256 e. The van der Waals surface area contributed by atoms with E-state index in [1.165, 1.54) is 28.6 Å². The van der Waals surface area contributed by atoms with E-state index in [0.29, 0.717) is 23.4 Å². The lowest BCUT2D eigenvalue weighted by molar-refractivity contribution is 0.0946. The molecule has 7 heteroatoms. The molecule has 3 aromatic carbocycles. The molecule has 180 valence electrons. The van der Waals surface area contributed by atoms with E-state index in [1.54, 1.807) is 6.07 Å². The summed E-state index contributed by atoms with van der Waals surface area (Å²) in [4.78, 5) is 32.1. The van der Waals surface area contributed by atoms with Crippen molar-refractivity contribution in [2.24, 2.45) is 0 Å². The minimum absolute atomic E-state index is 0.122. The summed E-state index contributed by atoms with van der Waals surface area (Å²) in [6.45, 7) is 9.69. The fourth-order valence-electron chi connectivity index (χ4n) is 4.63. The third-order valence-electron chi connectivity index (χ3n) is 6.84. The van der Waals surface area contributed by atoms with Crippen molar-refractivity contribution in [1.82, 2.24) is 10.2 Å². The molecule has 0 bridgehead atoms. The lowest BCUT2D eigenvalue weighted by atomic mass is 10.1. The molecule has 0 unspecified atom stereocenters. The Morgan fingerprint density at radius 2 is 1.77 bits per heavy atom. The number of anilines is 2. The molecule has 0 saturated carbocycles. The molecule has 6 nitrogen and oxygen atoms in total. The van der Waals surface area contributed by atoms with Gasteiger partial charge >= 0.3 is 0 Å². The van der Waals surface area contributed by atoms with E-state index >= 15 is 0 Å². The van der Waals surface area contributed by atoms with Gasteiger partial charge in [-0.1, -0.05) is 36.0 Å². The first-order chi connectivity index (χ1) is 17.0. The summed E-state index contributed by atoms with van der Waals surface area (Å²) in [7, 11) is 0. The van der Waals surface area contributed by atoms with Gasteiger partial charge in [0, 0.05) is 60.3 Å². The second-order valence-corrected chi connectivity index (χ2v) is 10.2. The van der Waals surface area contributed by atoms with Crippen molar-refractivity contribution in [3.8, 4) is 0 Å². The summed E-state index contributed by atoms with van der Waals surface area (Å²) in [5.74, 6) is -0.271. The maximum absolute atomic E-state index is 12.8. The highest BCUT2D eigenvalue weighted by Gasteiger charge is 2.21. The zero-order chi connectivity index (χ0) is 24.4. The van der Waals surface area contributed by atoms with E-state index in [-0.39, 0.29) is 11.8 Å². The molecule has 0 aliphatic carbocycles. The quantitative estimate of drug-likeness (QED) is 0.553. The van der Waals surface area contributed by atoms with Crippen LogP contribution in [-0.2, 0) is 0 Å². The lowest BCUT2D eigenvalue weighted by Crippen LogP contribution is -2.48. The third kappa shape index (κ3) is 5.06. The topological polar surface area (TPSA) is 64.7 Å². The Kier molecular flexibility index (Phi) is 6.79. The summed E-state index contributed by atoms with van der Waals surface area (Å²) in [5, 5.41) is 6.00. The van der Waals surface area contributed by atoms with Crippen molar-refractivity contribution in [3.05, 3.63) is 82.9 Å². The van der Waals surface area contributed by atoms with E-state index in [0.717, 1.165) is 42.5 Å². The van der Waals surface area contributed by atoms with Crippen LogP contribution in [0.1, 0.15) is 31.8 Å². The summed E-state index contributed by atoms with van der Waals surface area (Å²) < 4.78 is 0. The fourth-order valence-corrected chi connectivity index (χ4v) is 5.64. The number of aryl methyl sites for hydroxylation is 1. The highest BCUT2D eigenvalue weighted by Crippen LogP contribution is 2.39. The van der Waals surface area contributed by atoms with Gasteiger partial charge in [-0.15, -0.1) is 0 Å². The molecule has 35 heavy (non-hydrogen) atoms. The van der Waals surface area contributed by atoms with Crippen molar-refractivity contribution in [2.75, 3.05) is 49.5 Å². The molecular formula is C28H30N4O2S. The largest absolute Gasteiger partial charge is 0.369 e. The number of piperazine rings is 1. The number of fused-ring (bicyclic) bond motifs is 2. The van der Waals surface area contributed by atoms with Gasteiger partial charge in [-0.25, -0.2) is 0 Å². The van der Waals surface area contributed by atoms with Gasteiger partial charge in [-0.05, 0) is 61.4 Å². The average molecular weight is 487 g/mol. The summed E-state index contributed by atoms with van der Waals surface area (Å²) >= 11 is 1.54. The minimum atomic E-state index is -0.149. The first kappa shape index (κ1) is 23.5. The fraction of sp³-hybridized carbons (Fsp3) is 0.286. The number of carbonyl (C=O) groups excluding carboxylic acids is 2. The number of hydrogen-bond donors (Lipinski definition) is 2. The van der Waals surface area contributed by atoms with Crippen LogP contribution in [0.4, 0.5) is 11.4 Å². The van der Waals surface area contributed by atoms with Gasteiger partial charge in [0.15, 0.2) is 0 Å². The van der Waals surface area contributed by atoms with Crippen LogP contribution >= 0.6 is 11.8 Å². The highest BCUT2D eigenvalue weighted by molar-refractivity contribution is 7.99. The van der Waals surface area contributed by atoms with Gasteiger partial charge in [-0.2, -0.15) is 0 Å². The van der Waals surface area contributed by atoms with Crippen LogP contribution in [0.5, 0.6) is 0 Å². The van der Waals surface area contributed by atoms with E-state index in [9.17, 15) is 9.59 Å². The van der Waals surface area contributed by atoms with Gasteiger partial charge in [0.2, 0.25) is 0 Å². The van der Waals surface area contributed by atoms with Crippen LogP contribution in [0, 0.1) is 13.8 Å². The van der Waals surface area contributed by atoms with Crippen molar-refractivity contribution in [2.45, 2.75) is 23.6 Å². The van der Waals surface area contributed by atoms with Gasteiger partial charge in [0.1, 0.15) is 0 Å². The van der Waals surface area contributed by atoms with Gasteiger partial charge < -0.3 is 15.5 Å². The Morgan fingerprint density at radius 1 is 0.971 bits per heavy atom. The molecular weight excluding hydrogens is 456 g/mol. The zero-order valence-corrected chi connectivity index (χ0v) is 21.0. The first-order valence-electron chi connectivity index (χ1n) is 12.0. The Hall–Kier alpha value is -3.29. The zero-order valence-electron chi connectivity index (χ0n) is 20.1. The molecule has 3 aromatic rings. The molecule has 2 heterocycles. The second kappa shape index (κ2) is 10.1.